The zero-order chi connectivity index (χ0) is 10.8. The topological polar surface area (TPSA) is 44.1 Å². The molecule has 0 aliphatic carbocycles. The van der Waals surface area contributed by atoms with Gasteiger partial charge in [-0.1, -0.05) is 0 Å². The van der Waals surface area contributed by atoms with Crippen molar-refractivity contribution in [3.8, 4) is 0 Å². The Kier molecular flexibility index (Phi) is 2.88. The van der Waals surface area contributed by atoms with Gasteiger partial charge < -0.3 is 4.74 Å². The highest BCUT2D eigenvalue weighted by Gasteiger charge is 2.18. The minimum absolute atomic E-state index is 0.357. The molecule has 4 nitrogen and oxygen atoms in total. The lowest BCUT2D eigenvalue weighted by atomic mass is 10.2. The molecule has 0 atom stereocenters. The molecule has 1 heterocycles. The molecule has 0 spiro atoms. The van der Waals surface area contributed by atoms with Crippen LogP contribution in [-0.2, 0) is 11.4 Å². The predicted molar refractivity (Wildman–Crippen MR) is 48.7 cm³/mol. The number of hydrogen-bond acceptors (Lipinski definition) is 3. The molecule has 1 aromatic rings. The summed E-state index contributed by atoms with van der Waals surface area (Å²) in [5.74, 6) is 0. The molecule has 0 radical (unpaired) electrons. The van der Waals surface area contributed by atoms with Gasteiger partial charge in [-0.05, 0) is 20.8 Å². The highest BCUT2D eigenvalue weighted by Crippen LogP contribution is 2.09. The number of alkyl halides is 1. The molecule has 0 saturated heterocycles. The highest BCUT2D eigenvalue weighted by molar-refractivity contribution is 5.69. The Balaban J connectivity index is 2.70. The second kappa shape index (κ2) is 3.77. The van der Waals surface area contributed by atoms with E-state index in [1.807, 2.05) is 0 Å². The zero-order valence-corrected chi connectivity index (χ0v) is 8.45. The summed E-state index contributed by atoms with van der Waals surface area (Å²) in [5, 5.41) is 3.67. The standard InChI is InChI=1S/C9H13FN2O2/c1-9(2,3)14-8(13)12-6-7(4-10)5-11-12/h5-6H,4H2,1-3H3. The van der Waals surface area contributed by atoms with Crippen LogP contribution in [0.4, 0.5) is 9.18 Å². The van der Waals surface area contributed by atoms with Gasteiger partial charge in [-0.25, -0.2) is 9.18 Å². The SMILES string of the molecule is CC(C)(C)OC(=O)n1cc(CF)cn1. The molecule has 0 unspecified atom stereocenters. The van der Waals surface area contributed by atoms with Gasteiger partial charge in [0.1, 0.15) is 12.3 Å². The summed E-state index contributed by atoms with van der Waals surface area (Å²) in [6.07, 6.45) is 2.01. The lowest BCUT2D eigenvalue weighted by Crippen LogP contribution is -2.27. The monoisotopic (exact) mass is 200 g/mol. The summed E-state index contributed by atoms with van der Waals surface area (Å²) in [6.45, 7) is 4.63. The lowest BCUT2D eigenvalue weighted by molar-refractivity contribution is 0.0514. The van der Waals surface area contributed by atoms with Crippen LogP contribution in [0.5, 0.6) is 0 Å². The third-order valence-electron chi connectivity index (χ3n) is 1.37. The van der Waals surface area contributed by atoms with Crippen molar-refractivity contribution in [3.63, 3.8) is 0 Å². The third kappa shape index (κ3) is 2.83. The average molecular weight is 200 g/mol. The number of halogens is 1. The van der Waals surface area contributed by atoms with E-state index >= 15 is 0 Å². The minimum Gasteiger partial charge on any atom is -0.442 e. The van der Waals surface area contributed by atoms with E-state index in [1.54, 1.807) is 20.8 Å². The first-order valence-corrected chi connectivity index (χ1v) is 4.25. The number of ether oxygens (including phenoxy) is 1. The van der Waals surface area contributed by atoms with Gasteiger partial charge in [0.2, 0.25) is 0 Å². The Morgan fingerprint density at radius 1 is 1.64 bits per heavy atom. The summed E-state index contributed by atoms with van der Waals surface area (Å²) in [5.41, 5.74) is -0.213. The van der Waals surface area contributed by atoms with Crippen molar-refractivity contribution in [2.45, 2.75) is 33.0 Å². The number of carbonyl (C=O) groups excluding carboxylic acids is 1. The number of hydrogen-bond donors (Lipinski definition) is 0. The van der Waals surface area contributed by atoms with Crippen LogP contribution in [0, 0.1) is 0 Å². The van der Waals surface area contributed by atoms with E-state index in [9.17, 15) is 9.18 Å². The van der Waals surface area contributed by atoms with Crippen molar-refractivity contribution in [1.82, 2.24) is 9.78 Å². The maximum absolute atomic E-state index is 12.1. The van der Waals surface area contributed by atoms with E-state index in [0.29, 0.717) is 5.56 Å². The fraction of sp³-hybridized carbons (Fsp3) is 0.556. The van der Waals surface area contributed by atoms with Gasteiger partial charge in [0.15, 0.2) is 0 Å². The predicted octanol–water partition coefficient (Wildman–Crippen LogP) is 2.14. The molecule has 5 heteroatoms. The molecule has 0 amide bonds. The van der Waals surface area contributed by atoms with Gasteiger partial charge in [-0.3, -0.25) is 0 Å². The van der Waals surface area contributed by atoms with Crippen molar-refractivity contribution < 1.29 is 13.9 Å². The molecular weight excluding hydrogens is 187 g/mol. The first kappa shape index (κ1) is 10.7. The van der Waals surface area contributed by atoms with Crippen LogP contribution in [-0.4, -0.2) is 21.5 Å². The van der Waals surface area contributed by atoms with Crippen LogP contribution < -0.4 is 0 Å². The van der Waals surface area contributed by atoms with E-state index in [2.05, 4.69) is 5.10 Å². The van der Waals surface area contributed by atoms with E-state index in [4.69, 9.17) is 4.74 Å². The molecule has 1 rings (SSSR count). The normalized spacial score (nSPS) is 11.4. The Morgan fingerprint density at radius 2 is 2.29 bits per heavy atom. The molecule has 14 heavy (non-hydrogen) atoms. The summed E-state index contributed by atoms with van der Waals surface area (Å²) in [6, 6.07) is 0. The molecule has 0 N–H and O–H groups in total. The number of carbonyl (C=O) groups is 1. The summed E-state index contributed by atoms with van der Waals surface area (Å²) in [7, 11) is 0. The van der Waals surface area contributed by atoms with Crippen LogP contribution in [0.2, 0.25) is 0 Å². The first-order valence-electron chi connectivity index (χ1n) is 4.25. The first-order chi connectivity index (χ1) is 6.42. The van der Waals surface area contributed by atoms with Gasteiger partial charge in [0, 0.05) is 11.8 Å². The quantitative estimate of drug-likeness (QED) is 0.697. The van der Waals surface area contributed by atoms with E-state index < -0.39 is 18.4 Å². The van der Waals surface area contributed by atoms with Crippen LogP contribution >= 0.6 is 0 Å². The van der Waals surface area contributed by atoms with Crippen molar-refractivity contribution in [2.24, 2.45) is 0 Å². The van der Waals surface area contributed by atoms with Gasteiger partial charge >= 0.3 is 6.09 Å². The fourth-order valence-corrected chi connectivity index (χ4v) is 0.838. The number of aromatic nitrogens is 2. The van der Waals surface area contributed by atoms with Crippen molar-refractivity contribution in [3.05, 3.63) is 18.0 Å². The Hall–Kier alpha value is -1.39. The summed E-state index contributed by atoms with van der Waals surface area (Å²) >= 11 is 0. The van der Waals surface area contributed by atoms with Crippen molar-refractivity contribution in [2.75, 3.05) is 0 Å². The van der Waals surface area contributed by atoms with E-state index in [1.165, 1.54) is 12.4 Å². The molecule has 0 fully saturated rings. The van der Waals surface area contributed by atoms with E-state index in [-0.39, 0.29) is 0 Å². The summed E-state index contributed by atoms with van der Waals surface area (Å²) in [4.78, 5) is 11.3. The molecule has 0 saturated carbocycles. The van der Waals surface area contributed by atoms with Crippen LogP contribution in [0.25, 0.3) is 0 Å². The van der Waals surface area contributed by atoms with Gasteiger partial charge in [-0.15, -0.1) is 0 Å². The molecule has 78 valence electrons. The van der Waals surface area contributed by atoms with E-state index in [0.717, 1.165) is 4.68 Å². The molecular formula is C9H13FN2O2. The Morgan fingerprint density at radius 3 is 2.71 bits per heavy atom. The maximum Gasteiger partial charge on any atom is 0.435 e. The Labute approximate surface area is 81.7 Å². The Bertz CT molecular complexity index is 328. The van der Waals surface area contributed by atoms with Crippen LogP contribution in [0.15, 0.2) is 12.4 Å². The second-order valence-electron chi connectivity index (χ2n) is 3.91. The second-order valence-corrected chi connectivity index (χ2v) is 3.91. The smallest absolute Gasteiger partial charge is 0.435 e. The molecule has 0 aliphatic rings. The highest BCUT2D eigenvalue weighted by atomic mass is 19.1. The number of nitrogens with zero attached hydrogens (tertiary/aromatic N) is 2. The van der Waals surface area contributed by atoms with Crippen LogP contribution in [0.3, 0.4) is 0 Å². The molecule has 0 aromatic carbocycles. The van der Waals surface area contributed by atoms with Crippen molar-refractivity contribution in [1.29, 1.82) is 0 Å². The van der Waals surface area contributed by atoms with Crippen LogP contribution in [0.1, 0.15) is 26.3 Å². The number of rotatable bonds is 1. The van der Waals surface area contributed by atoms with Gasteiger partial charge in [-0.2, -0.15) is 9.78 Å². The largest absolute Gasteiger partial charge is 0.442 e. The molecule has 1 aromatic heterocycles. The van der Waals surface area contributed by atoms with Gasteiger partial charge in [0.05, 0.1) is 6.20 Å². The minimum atomic E-state index is -0.636. The third-order valence-corrected chi connectivity index (χ3v) is 1.37. The average Bonchev–Trinajstić information content (AvgIpc) is 2.48. The maximum atomic E-state index is 12.1. The lowest BCUT2D eigenvalue weighted by Gasteiger charge is -2.18. The zero-order valence-electron chi connectivity index (χ0n) is 8.45. The fourth-order valence-electron chi connectivity index (χ4n) is 0.838. The van der Waals surface area contributed by atoms with Crippen molar-refractivity contribution >= 4 is 6.09 Å². The molecule has 0 aliphatic heterocycles. The molecule has 0 bridgehead atoms. The summed E-state index contributed by atoms with van der Waals surface area (Å²) < 4.78 is 18.1. The van der Waals surface area contributed by atoms with Gasteiger partial charge in [0.25, 0.3) is 0 Å².